The molecule has 0 aliphatic heterocycles. The van der Waals surface area contributed by atoms with E-state index in [0.29, 0.717) is 5.92 Å². The monoisotopic (exact) mass is 140 g/mol. The third-order valence-corrected chi connectivity index (χ3v) is 3.18. The standard InChI is InChI=1S/C8H12O2/c9-5-8-2-1-6(8)3-7(10)4-8/h5-7,10H,1-4H2/t6-,7-,8+/m0/s1. The van der Waals surface area contributed by atoms with Gasteiger partial charge in [0, 0.05) is 5.41 Å². The lowest BCUT2D eigenvalue weighted by atomic mass is 9.63. The van der Waals surface area contributed by atoms with E-state index in [1.165, 1.54) is 0 Å². The Kier molecular flexibility index (Phi) is 1.15. The van der Waals surface area contributed by atoms with Gasteiger partial charge in [-0.05, 0) is 31.6 Å². The molecule has 0 aromatic rings. The maximum Gasteiger partial charge on any atom is 0.126 e. The molecule has 1 N–H and O–H groups in total. The van der Waals surface area contributed by atoms with E-state index in [1.807, 2.05) is 0 Å². The van der Waals surface area contributed by atoms with Gasteiger partial charge in [-0.15, -0.1) is 0 Å². The molecule has 2 heteroatoms. The van der Waals surface area contributed by atoms with Crippen molar-refractivity contribution in [3.8, 4) is 0 Å². The SMILES string of the molecule is O=C[C@]12CC[C@H]1C[C@H](O)C2. The number of aldehydes is 1. The molecule has 2 fully saturated rings. The first-order chi connectivity index (χ1) is 4.77. The molecule has 2 rings (SSSR count). The van der Waals surface area contributed by atoms with Crippen molar-refractivity contribution >= 4 is 6.29 Å². The van der Waals surface area contributed by atoms with Crippen molar-refractivity contribution in [2.24, 2.45) is 11.3 Å². The predicted octanol–water partition coefficient (Wildman–Crippen LogP) is 0.736. The van der Waals surface area contributed by atoms with Crippen molar-refractivity contribution in [2.75, 3.05) is 0 Å². The first-order valence-electron chi connectivity index (χ1n) is 3.91. The fraction of sp³-hybridized carbons (Fsp3) is 0.875. The van der Waals surface area contributed by atoms with Crippen LogP contribution in [0.4, 0.5) is 0 Å². The summed E-state index contributed by atoms with van der Waals surface area (Å²) >= 11 is 0. The highest BCUT2D eigenvalue weighted by Crippen LogP contribution is 2.55. The highest BCUT2D eigenvalue weighted by Gasteiger charge is 2.52. The van der Waals surface area contributed by atoms with Crippen molar-refractivity contribution in [1.29, 1.82) is 0 Å². The molecule has 0 aromatic carbocycles. The van der Waals surface area contributed by atoms with Gasteiger partial charge < -0.3 is 9.90 Å². The number of hydrogen-bond donors (Lipinski definition) is 1. The van der Waals surface area contributed by atoms with Crippen molar-refractivity contribution in [3.63, 3.8) is 0 Å². The molecule has 56 valence electrons. The van der Waals surface area contributed by atoms with Gasteiger partial charge in [0.15, 0.2) is 0 Å². The molecule has 2 nitrogen and oxygen atoms in total. The Morgan fingerprint density at radius 3 is 2.70 bits per heavy atom. The van der Waals surface area contributed by atoms with Crippen LogP contribution in [0, 0.1) is 11.3 Å². The summed E-state index contributed by atoms with van der Waals surface area (Å²) in [6.07, 6.45) is 4.61. The molecular formula is C8H12O2. The summed E-state index contributed by atoms with van der Waals surface area (Å²) < 4.78 is 0. The van der Waals surface area contributed by atoms with Crippen LogP contribution in [0.3, 0.4) is 0 Å². The number of hydrogen-bond acceptors (Lipinski definition) is 2. The molecule has 2 aliphatic carbocycles. The minimum atomic E-state index is -0.197. The van der Waals surface area contributed by atoms with Crippen molar-refractivity contribution in [3.05, 3.63) is 0 Å². The number of carbonyl (C=O) groups is 1. The molecule has 0 aromatic heterocycles. The summed E-state index contributed by atoms with van der Waals surface area (Å²) in [7, 11) is 0. The van der Waals surface area contributed by atoms with Gasteiger partial charge in [-0.1, -0.05) is 0 Å². The summed E-state index contributed by atoms with van der Waals surface area (Å²) in [6, 6.07) is 0. The lowest BCUT2D eigenvalue weighted by Gasteiger charge is -2.39. The Hall–Kier alpha value is -0.370. The van der Waals surface area contributed by atoms with E-state index in [9.17, 15) is 9.90 Å². The quantitative estimate of drug-likeness (QED) is 0.545. The summed E-state index contributed by atoms with van der Waals surface area (Å²) in [5.41, 5.74) is -0.0839. The molecule has 0 heterocycles. The average molecular weight is 140 g/mol. The van der Waals surface area contributed by atoms with Crippen LogP contribution in [0.2, 0.25) is 0 Å². The van der Waals surface area contributed by atoms with E-state index in [2.05, 4.69) is 0 Å². The average Bonchev–Trinajstić information content (AvgIpc) is 2.11. The Morgan fingerprint density at radius 2 is 2.40 bits per heavy atom. The van der Waals surface area contributed by atoms with Crippen molar-refractivity contribution in [2.45, 2.75) is 31.8 Å². The molecule has 0 radical (unpaired) electrons. The lowest BCUT2D eigenvalue weighted by molar-refractivity contribution is -0.123. The second-order valence-electron chi connectivity index (χ2n) is 3.68. The van der Waals surface area contributed by atoms with Gasteiger partial charge in [0.1, 0.15) is 6.29 Å². The lowest BCUT2D eigenvalue weighted by Crippen LogP contribution is -2.36. The summed E-state index contributed by atoms with van der Waals surface area (Å²) in [5, 5.41) is 9.25. The Balaban J connectivity index is 2.17. The molecular weight excluding hydrogens is 128 g/mol. The summed E-state index contributed by atoms with van der Waals surface area (Å²) in [6.45, 7) is 0. The van der Waals surface area contributed by atoms with Gasteiger partial charge in [0.25, 0.3) is 0 Å². The Bertz CT molecular complexity index is 167. The first kappa shape index (κ1) is 6.35. The zero-order chi connectivity index (χ0) is 7.19. The zero-order valence-electron chi connectivity index (χ0n) is 5.92. The zero-order valence-corrected chi connectivity index (χ0v) is 5.92. The van der Waals surface area contributed by atoms with Gasteiger partial charge in [-0.25, -0.2) is 0 Å². The molecule has 2 aliphatic rings. The first-order valence-corrected chi connectivity index (χ1v) is 3.91. The van der Waals surface area contributed by atoms with Crippen LogP contribution in [-0.2, 0) is 4.79 Å². The van der Waals surface area contributed by atoms with Crippen LogP contribution >= 0.6 is 0 Å². The second kappa shape index (κ2) is 1.82. The van der Waals surface area contributed by atoms with Crippen LogP contribution in [0.25, 0.3) is 0 Å². The minimum Gasteiger partial charge on any atom is -0.393 e. The highest BCUT2D eigenvalue weighted by molar-refractivity contribution is 5.62. The van der Waals surface area contributed by atoms with Crippen molar-refractivity contribution in [1.82, 2.24) is 0 Å². The van der Waals surface area contributed by atoms with Gasteiger partial charge in [-0.3, -0.25) is 0 Å². The number of fused-ring (bicyclic) bond motifs is 1. The predicted molar refractivity (Wildman–Crippen MR) is 36.5 cm³/mol. The van der Waals surface area contributed by atoms with Crippen LogP contribution in [0.15, 0.2) is 0 Å². The van der Waals surface area contributed by atoms with Crippen LogP contribution in [0.5, 0.6) is 0 Å². The molecule has 0 bridgehead atoms. The fourth-order valence-corrected chi connectivity index (χ4v) is 2.39. The van der Waals surface area contributed by atoms with Crippen LogP contribution < -0.4 is 0 Å². The summed E-state index contributed by atoms with van der Waals surface area (Å²) in [5.74, 6) is 0.514. The van der Waals surface area contributed by atoms with Crippen molar-refractivity contribution < 1.29 is 9.90 Å². The number of aliphatic hydroxyl groups is 1. The topological polar surface area (TPSA) is 37.3 Å². The number of carbonyl (C=O) groups excluding carboxylic acids is 1. The largest absolute Gasteiger partial charge is 0.393 e. The van der Waals surface area contributed by atoms with E-state index < -0.39 is 0 Å². The number of aliphatic hydroxyl groups excluding tert-OH is 1. The van der Waals surface area contributed by atoms with Gasteiger partial charge in [-0.2, -0.15) is 0 Å². The maximum atomic E-state index is 10.6. The molecule has 10 heavy (non-hydrogen) atoms. The molecule has 0 saturated heterocycles. The van der Waals surface area contributed by atoms with E-state index in [4.69, 9.17) is 0 Å². The van der Waals surface area contributed by atoms with Gasteiger partial charge >= 0.3 is 0 Å². The second-order valence-corrected chi connectivity index (χ2v) is 3.68. The minimum absolute atomic E-state index is 0.0839. The molecule has 2 saturated carbocycles. The van der Waals surface area contributed by atoms with E-state index >= 15 is 0 Å². The van der Waals surface area contributed by atoms with E-state index in [0.717, 1.165) is 32.0 Å². The Morgan fingerprint density at radius 1 is 1.60 bits per heavy atom. The van der Waals surface area contributed by atoms with Crippen LogP contribution in [0.1, 0.15) is 25.7 Å². The van der Waals surface area contributed by atoms with E-state index in [-0.39, 0.29) is 11.5 Å². The molecule has 0 unspecified atom stereocenters. The Labute approximate surface area is 60.2 Å². The van der Waals surface area contributed by atoms with Gasteiger partial charge in [0.05, 0.1) is 6.10 Å². The van der Waals surface area contributed by atoms with Gasteiger partial charge in [0.2, 0.25) is 0 Å². The van der Waals surface area contributed by atoms with Crippen LogP contribution in [-0.4, -0.2) is 17.5 Å². The molecule has 3 atom stereocenters. The molecule has 0 spiro atoms. The third-order valence-electron chi connectivity index (χ3n) is 3.18. The van der Waals surface area contributed by atoms with E-state index in [1.54, 1.807) is 0 Å². The maximum absolute atomic E-state index is 10.6. The third kappa shape index (κ3) is 0.601. The molecule has 0 amide bonds. The summed E-state index contributed by atoms with van der Waals surface area (Å²) in [4.78, 5) is 10.6. The smallest absolute Gasteiger partial charge is 0.126 e. The normalized spacial score (nSPS) is 51.7. The highest BCUT2D eigenvalue weighted by atomic mass is 16.3. The number of rotatable bonds is 1. The fourth-order valence-electron chi connectivity index (χ4n) is 2.39.